The third-order valence-corrected chi connectivity index (χ3v) is 3.18. The van der Waals surface area contributed by atoms with E-state index in [2.05, 4.69) is 10.1 Å². The third-order valence-electron chi connectivity index (χ3n) is 3.18. The van der Waals surface area contributed by atoms with E-state index >= 15 is 0 Å². The van der Waals surface area contributed by atoms with Crippen molar-refractivity contribution in [3.05, 3.63) is 23.7 Å². The molecule has 0 saturated carbocycles. The lowest BCUT2D eigenvalue weighted by atomic mass is 9.98. The normalized spacial score (nSPS) is 18.6. The van der Waals surface area contributed by atoms with E-state index in [4.69, 9.17) is 9.52 Å². The minimum Gasteiger partial charge on any atom is -0.481 e. The second-order valence-electron chi connectivity index (χ2n) is 4.51. The van der Waals surface area contributed by atoms with Crippen LogP contribution in [0.1, 0.15) is 18.0 Å². The molecular weight excluding hydrogens is 234 g/mol. The Bertz CT molecular complexity index is 599. The van der Waals surface area contributed by atoms with Crippen LogP contribution in [0.25, 0.3) is 11.6 Å². The first-order chi connectivity index (χ1) is 8.63. The van der Waals surface area contributed by atoms with Crippen molar-refractivity contribution in [2.24, 2.45) is 5.92 Å². The molecule has 94 valence electrons. The molecule has 1 aliphatic heterocycles. The quantitative estimate of drug-likeness (QED) is 0.869. The summed E-state index contributed by atoms with van der Waals surface area (Å²) < 4.78 is 7.24. The lowest BCUT2D eigenvalue weighted by Gasteiger charge is -2.17. The Kier molecular flexibility index (Phi) is 2.43. The fraction of sp³-hybridized carbons (Fsp3) is 0.417. The van der Waals surface area contributed by atoms with Gasteiger partial charge in [-0.15, -0.1) is 5.10 Å². The summed E-state index contributed by atoms with van der Waals surface area (Å²) in [5.74, 6) is 1.57. The molecule has 2 aromatic heterocycles. The molecule has 0 radical (unpaired) electrons. The minimum atomic E-state index is -0.764. The lowest BCUT2D eigenvalue weighted by Crippen LogP contribution is -2.26. The fourth-order valence-electron chi connectivity index (χ4n) is 2.17. The molecule has 1 atom stereocenters. The minimum absolute atomic E-state index is 0.354. The standard InChI is InChI=1S/C12H13N3O3/c1-7-2-3-9(18-7)11-13-10-6-8(12(16)17)4-5-15(10)14-11/h2-3,8H,4-6H2,1H3,(H,16,17). The van der Waals surface area contributed by atoms with E-state index in [9.17, 15) is 4.79 Å². The summed E-state index contributed by atoms with van der Waals surface area (Å²) in [6, 6.07) is 3.68. The van der Waals surface area contributed by atoms with Crippen molar-refractivity contribution in [3.63, 3.8) is 0 Å². The van der Waals surface area contributed by atoms with Crippen LogP contribution in [0.15, 0.2) is 16.5 Å². The molecule has 3 rings (SSSR count). The van der Waals surface area contributed by atoms with E-state index < -0.39 is 5.97 Å². The first-order valence-electron chi connectivity index (χ1n) is 5.87. The highest BCUT2D eigenvalue weighted by molar-refractivity contribution is 5.70. The van der Waals surface area contributed by atoms with Crippen LogP contribution in [-0.4, -0.2) is 25.8 Å². The summed E-state index contributed by atoms with van der Waals surface area (Å²) >= 11 is 0. The number of carbonyl (C=O) groups is 1. The van der Waals surface area contributed by atoms with Gasteiger partial charge >= 0.3 is 5.97 Å². The highest BCUT2D eigenvalue weighted by Gasteiger charge is 2.27. The topological polar surface area (TPSA) is 81.2 Å². The molecule has 3 heterocycles. The number of fused-ring (bicyclic) bond motifs is 1. The molecule has 0 bridgehead atoms. The molecule has 0 spiro atoms. The number of hydrogen-bond donors (Lipinski definition) is 1. The van der Waals surface area contributed by atoms with E-state index in [0.29, 0.717) is 31.0 Å². The summed E-state index contributed by atoms with van der Waals surface area (Å²) in [6.45, 7) is 2.46. The van der Waals surface area contributed by atoms with Crippen molar-refractivity contribution in [3.8, 4) is 11.6 Å². The van der Waals surface area contributed by atoms with Crippen LogP contribution in [0, 0.1) is 12.8 Å². The number of aryl methyl sites for hydroxylation is 2. The van der Waals surface area contributed by atoms with Gasteiger partial charge in [0.15, 0.2) is 5.76 Å². The van der Waals surface area contributed by atoms with E-state index in [-0.39, 0.29) is 5.92 Å². The average molecular weight is 247 g/mol. The lowest BCUT2D eigenvalue weighted by molar-refractivity contribution is -0.142. The van der Waals surface area contributed by atoms with E-state index in [0.717, 1.165) is 11.6 Å². The molecule has 6 nitrogen and oxygen atoms in total. The first-order valence-corrected chi connectivity index (χ1v) is 5.87. The number of nitrogens with zero attached hydrogens (tertiary/aromatic N) is 3. The average Bonchev–Trinajstić information content (AvgIpc) is 2.93. The summed E-state index contributed by atoms with van der Waals surface area (Å²) in [7, 11) is 0. The number of carboxylic acid groups (broad SMARTS) is 1. The summed E-state index contributed by atoms with van der Waals surface area (Å²) in [6.07, 6.45) is 1.03. The van der Waals surface area contributed by atoms with Crippen LogP contribution >= 0.6 is 0 Å². The van der Waals surface area contributed by atoms with E-state index in [1.54, 1.807) is 4.68 Å². The highest BCUT2D eigenvalue weighted by atomic mass is 16.4. The Morgan fingerprint density at radius 1 is 1.56 bits per heavy atom. The Labute approximate surface area is 103 Å². The maximum atomic E-state index is 11.0. The first kappa shape index (κ1) is 11.0. The van der Waals surface area contributed by atoms with Crippen molar-refractivity contribution in [1.29, 1.82) is 0 Å². The largest absolute Gasteiger partial charge is 0.481 e. The smallest absolute Gasteiger partial charge is 0.307 e. The van der Waals surface area contributed by atoms with Crippen LogP contribution < -0.4 is 0 Å². The highest BCUT2D eigenvalue weighted by Crippen LogP contribution is 2.23. The van der Waals surface area contributed by atoms with Crippen LogP contribution in [0.2, 0.25) is 0 Å². The van der Waals surface area contributed by atoms with Gasteiger partial charge in [0.1, 0.15) is 11.6 Å². The molecular formula is C12H13N3O3. The Balaban J connectivity index is 1.91. The zero-order valence-corrected chi connectivity index (χ0v) is 9.96. The maximum absolute atomic E-state index is 11.0. The van der Waals surface area contributed by atoms with Gasteiger partial charge in [0.2, 0.25) is 5.82 Å². The molecule has 0 amide bonds. The molecule has 6 heteroatoms. The summed E-state index contributed by atoms with van der Waals surface area (Å²) in [5, 5.41) is 13.4. The Morgan fingerprint density at radius 3 is 3.06 bits per heavy atom. The molecule has 0 saturated heterocycles. The monoisotopic (exact) mass is 247 g/mol. The molecule has 1 aliphatic rings. The van der Waals surface area contributed by atoms with Crippen LogP contribution in [-0.2, 0) is 17.8 Å². The molecule has 0 aromatic carbocycles. The van der Waals surface area contributed by atoms with Crippen LogP contribution in [0.4, 0.5) is 0 Å². The van der Waals surface area contributed by atoms with Crippen molar-refractivity contribution in [2.75, 3.05) is 0 Å². The van der Waals surface area contributed by atoms with Crippen LogP contribution in [0.5, 0.6) is 0 Å². The molecule has 1 unspecified atom stereocenters. The second-order valence-corrected chi connectivity index (χ2v) is 4.51. The maximum Gasteiger partial charge on any atom is 0.307 e. The van der Waals surface area contributed by atoms with E-state index in [1.807, 2.05) is 19.1 Å². The molecule has 2 aromatic rings. The van der Waals surface area contributed by atoms with Gasteiger partial charge in [0.25, 0.3) is 0 Å². The Morgan fingerprint density at radius 2 is 2.39 bits per heavy atom. The van der Waals surface area contributed by atoms with Crippen molar-refractivity contribution in [1.82, 2.24) is 14.8 Å². The molecule has 0 aliphatic carbocycles. The predicted octanol–water partition coefficient (Wildman–Crippen LogP) is 1.49. The van der Waals surface area contributed by atoms with Gasteiger partial charge in [0, 0.05) is 13.0 Å². The molecule has 1 N–H and O–H groups in total. The van der Waals surface area contributed by atoms with Crippen molar-refractivity contribution in [2.45, 2.75) is 26.3 Å². The van der Waals surface area contributed by atoms with Gasteiger partial charge in [-0.25, -0.2) is 9.67 Å². The van der Waals surface area contributed by atoms with Gasteiger partial charge in [-0.3, -0.25) is 4.79 Å². The predicted molar refractivity (Wildman–Crippen MR) is 61.9 cm³/mol. The number of aliphatic carboxylic acids is 1. The van der Waals surface area contributed by atoms with Crippen LogP contribution in [0.3, 0.4) is 0 Å². The van der Waals surface area contributed by atoms with Gasteiger partial charge in [-0.2, -0.15) is 0 Å². The Hall–Kier alpha value is -2.11. The number of aromatic nitrogens is 3. The van der Waals surface area contributed by atoms with Crippen molar-refractivity contribution < 1.29 is 14.3 Å². The summed E-state index contributed by atoms with van der Waals surface area (Å²) in [5.41, 5.74) is 0. The molecule has 0 fully saturated rings. The fourth-order valence-corrected chi connectivity index (χ4v) is 2.17. The van der Waals surface area contributed by atoms with Crippen molar-refractivity contribution >= 4 is 5.97 Å². The van der Waals surface area contributed by atoms with Gasteiger partial charge < -0.3 is 9.52 Å². The van der Waals surface area contributed by atoms with Gasteiger partial charge in [-0.1, -0.05) is 0 Å². The number of hydrogen-bond acceptors (Lipinski definition) is 4. The zero-order chi connectivity index (χ0) is 12.7. The van der Waals surface area contributed by atoms with E-state index in [1.165, 1.54) is 0 Å². The number of carboxylic acids is 1. The second kappa shape index (κ2) is 3.97. The summed E-state index contributed by atoms with van der Waals surface area (Å²) in [4.78, 5) is 15.3. The van der Waals surface area contributed by atoms with Gasteiger partial charge in [0.05, 0.1) is 5.92 Å². The third kappa shape index (κ3) is 1.79. The molecule has 18 heavy (non-hydrogen) atoms. The van der Waals surface area contributed by atoms with Gasteiger partial charge in [-0.05, 0) is 25.5 Å². The number of rotatable bonds is 2. The number of furan rings is 1. The SMILES string of the molecule is Cc1ccc(-c2nc3n(n2)CCC(C(=O)O)C3)o1. The zero-order valence-electron chi connectivity index (χ0n) is 9.96.